The maximum Gasteiger partial charge on any atom is 0.269 e. The molecule has 36 heavy (non-hydrogen) atoms. The summed E-state index contributed by atoms with van der Waals surface area (Å²) in [5.74, 6) is 1.65. The first-order valence-corrected chi connectivity index (χ1v) is 10.6. The molecule has 0 atom stereocenters. The summed E-state index contributed by atoms with van der Waals surface area (Å²) in [5, 5.41) is 13.6. The number of nitrogens with zero attached hydrogens (tertiary/aromatic N) is 2. The highest BCUT2D eigenvalue weighted by Gasteiger charge is 2.12. The fourth-order valence-electron chi connectivity index (χ4n) is 3.23. The van der Waals surface area contributed by atoms with E-state index in [1.807, 2.05) is 0 Å². The van der Waals surface area contributed by atoms with Crippen LogP contribution in [0, 0.1) is 10.1 Å². The third-order valence-corrected chi connectivity index (χ3v) is 5.06. The molecule has 0 saturated carbocycles. The van der Waals surface area contributed by atoms with Gasteiger partial charge in [0.05, 0.1) is 38.9 Å². The second-order valence-corrected chi connectivity index (χ2v) is 7.26. The molecule has 0 aliphatic carbocycles. The van der Waals surface area contributed by atoms with Crippen molar-refractivity contribution in [2.45, 2.75) is 0 Å². The van der Waals surface area contributed by atoms with Gasteiger partial charge in [-0.15, -0.1) is 0 Å². The maximum atomic E-state index is 12.6. The number of methoxy groups -OCH3 is 4. The molecular formula is C26H25N3O7. The number of hydrogen-bond donors (Lipinski definition) is 1. The first kappa shape index (κ1) is 25.8. The molecule has 0 saturated heterocycles. The highest BCUT2D eigenvalue weighted by Crippen LogP contribution is 2.35. The maximum absolute atomic E-state index is 12.6. The smallest absolute Gasteiger partial charge is 0.269 e. The van der Waals surface area contributed by atoms with E-state index in [1.54, 1.807) is 54.8 Å². The second kappa shape index (κ2) is 12.0. The second-order valence-electron chi connectivity index (χ2n) is 7.26. The van der Waals surface area contributed by atoms with E-state index in [9.17, 15) is 14.9 Å². The zero-order chi connectivity index (χ0) is 26.1. The van der Waals surface area contributed by atoms with Crippen molar-refractivity contribution in [1.82, 2.24) is 0 Å². The summed E-state index contributed by atoms with van der Waals surface area (Å²) in [6.45, 7) is 0. The SMILES string of the molecule is COc1cc(OC)c(/C=C/C(=O)Nc2ccc(OC)c(/N=C\c3ccc([N+](=O)[O-])cc3)c2)c(OC)c1. The lowest BCUT2D eigenvalue weighted by molar-refractivity contribution is -0.384. The van der Waals surface area contributed by atoms with E-state index in [2.05, 4.69) is 10.3 Å². The van der Waals surface area contributed by atoms with E-state index < -0.39 is 4.92 Å². The third-order valence-electron chi connectivity index (χ3n) is 5.06. The average molecular weight is 492 g/mol. The van der Waals surface area contributed by atoms with Gasteiger partial charge in [-0.2, -0.15) is 0 Å². The predicted octanol–water partition coefficient (Wildman–Crippen LogP) is 5.03. The van der Waals surface area contributed by atoms with Crippen LogP contribution in [0.2, 0.25) is 0 Å². The summed E-state index contributed by atoms with van der Waals surface area (Å²) < 4.78 is 21.4. The van der Waals surface area contributed by atoms with Crippen LogP contribution >= 0.6 is 0 Å². The number of nitrogens with one attached hydrogen (secondary N) is 1. The van der Waals surface area contributed by atoms with Crippen molar-refractivity contribution in [3.63, 3.8) is 0 Å². The van der Waals surface area contributed by atoms with Crippen molar-refractivity contribution >= 4 is 35.3 Å². The number of carbonyl (C=O) groups is 1. The van der Waals surface area contributed by atoms with Crippen LogP contribution in [0.5, 0.6) is 23.0 Å². The van der Waals surface area contributed by atoms with Gasteiger partial charge in [0.2, 0.25) is 5.91 Å². The first-order chi connectivity index (χ1) is 17.4. The van der Waals surface area contributed by atoms with E-state index in [4.69, 9.17) is 18.9 Å². The number of rotatable bonds is 10. The largest absolute Gasteiger partial charge is 0.496 e. The molecule has 3 aromatic rings. The lowest BCUT2D eigenvalue weighted by Gasteiger charge is -2.12. The Morgan fingerprint density at radius 3 is 2.08 bits per heavy atom. The molecule has 3 rings (SSSR count). The molecule has 10 nitrogen and oxygen atoms in total. The number of nitro benzene ring substituents is 1. The minimum atomic E-state index is -0.467. The molecule has 0 heterocycles. The highest BCUT2D eigenvalue weighted by atomic mass is 16.6. The fraction of sp³-hybridized carbons (Fsp3) is 0.154. The first-order valence-electron chi connectivity index (χ1n) is 10.6. The summed E-state index contributed by atoms with van der Waals surface area (Å²) in [6.07, 6.45) is 4.50. The summed E-state index contributed by atoms with van der Waals surface area (Å²) >= 11 is 0. The molecule has 1 amide bonds. The van der Waals surface area contributed by atoms with E-state index >= 15 is 0 Å². The van der Waals surface area contributed by atoms with Crippen LogP contribution in [0.25, 0.3) is 6.08 Å². The topological polar surface area (TPSA) is 122 Å². The molecule has 0 radical (unpaired) electrons. The summed E-state index contributed by atoms with van der Waals surface area (Å²) in [5.41, 5.74) is 2.21. The van der Waals surface area contributed by atoms with Gasteiger partial charge in [0.15, 0.2) is 0 Å². The van der Waals surface area contributed by atoms with Crippen molar-refractivity contribution in [3.05, 3.63) is 81.9 Å². The number of non-ortho nitro benzene ring substituents is 1. The molecule has 186 valence electrons. The Morgan fingerprint density at radius 2 is 1.53 bits per heavy atom. The number of hydrogen-bond acceptors (Lipinski definition) is 8. The van der Waals surface area contributed by atoms with Crippen molar-refractivity contribution in [3.8, 4) is 23.0 Å². The number of aliphatic imine (C=N–C) groups is 1. The van der Waals surface area contributed by atoms with Gasteiger partial charge in [-0.05, 0) is 42.0 Å². The van der Waals surface area contributed by atoms with E-state index in [-0.39, 0.29) is 11.6 Å². The molecule has 0 unspecified atom stereocenters. The zero-order valence-corrected chi connectivity index (χ0v) is 20.2. The number of ether oxygens (including phenoxy) is 4. The van der Waals surface area contributed by atoms with Crippen LogP contribution in [0.4, 0.5) is 17.1 Å². The normalized spacial score (nSPS) is 10.9. The zero-order valence-electron chi connectivity index (χ0n) is 20.2. The number of anilines is 1. The van der Waals surface area contributed by atoms with Gasteiger partial charge in [-0.3, -0.25) is 19.9 Å². The van der Waals surface area contributed by atoms with Gasteiger partial charge >= 0.3 is 0 Å². The Hall–Kier alpha value is -4.86. The Bertz CT molecular complexity index is 1280. The summed E-state index contributed by atoms with van der Waals surface area (Å²) in [7, 11) is 6.08. The van der Waals surface area contributed by atoms with Crippen LogP contribution in [0.1, 0.15) is 11.1 Å². The lowest BCUT2D eigenvalue weighted by atomic mass is 10.1. The Kier molecular flexibility index (Phi) is 8.60. The lowest BCUT2D eigenvalue weighted by Crippen LogP contribution is -2.07. The molecule has 0 spiro atoms. The molecule has 10 heteroatoms. The van der Waals surface area contributed by atoms with Crippen LogP contribution in [0.3, 0.4) is 0 Å². The fourth-order valence-corrected chi connectivity index (χ4v) is 3.23. The third kappa shape index (κ3) is 6.38. The Labute approximate surface area is 207 Å². The monoisotopic (exact) mass is 491 g/mol. The minimum Gasteiger partial charge on any atom is -0.496 e. The quantitative estimate of drug-likeness (QED) is 0.183. The number of benzene rings is 3. The molecule has 0 bridgehead atoms. The van der Waals surface area contributed by atoms with Crippen molar-refractivity contribution in [1.29, 1.82) is 0 Å². The molecule has 1 N–H and O–H groups in total. The summed E-state index contributed by atoms with van der Waals surface area (Å²) in [6, 6.07) is 14.4. The minimum absolute atomic E-state index is 0.00706. The Morgan fingerprint density at radius 1 is 0.889 bits per heavy atom. The van der Waals surface area contributed by atoms with Crippen LogP contribution in [-0.2, 0) is 4.79 Å². The average Bonchev–Trinajstić information content (AvgIpc) is 2.90. The number of carbonyl (C=O) groups excluding carboxylic acids is 1. The van der Waals surface area contributed by atoms with Gasteiger partial charge in [0, 0.05) is 42.2 Å². The van der Waals surface area contributed by atoms with Gasteiger partial charge in [0.25, 0.3) is 5.69 Å². The molecule has 0 aromatic heterocycles. The van der Waals surface area contributed by atoms with E-state index in [0.29, 0.717) is 45.5 Å². The van der Waals surface area contributed by atoms with Crippen molar-refractivity contribution in [2.75, 3.05) is 33.8 Å². The van der Waals surface area contributed by atoms with Gasteiger partial charge in [-0.25, -0.2) is 0 Å². The van der Waals surface area contributed by atoms with Gasteiger partial charge in [0.1, 0.15) is 28.7 Å². The number of amides is 1. The van der Waals surface area contributed by atoms with Crippen molar-refractivity contribution < 1.29 is 28.7 Å². The summed E-state index contributed by atoms with van der Waals surface area (Å²) in [4.78, 5) is 27.4. The molecule has 0 aliphatic rings. The molecule has 0 fully saturated rings. The van der Waals surface area contributed by atoms with E-state index in [1.165, 1.54) is 46.6 Å². The van der Waals surface area contributed by atoms with Gasteiger partial charge in [-0.1, -0.05) is 0 Å². The molecule has 0 aliphatic heterocycles. The van der Waals surface area contributed by atoms with E-state index in [0.717, 1.165) is 0 Å². The number of nitro groups is 1. The molecule has 3 aromatic carbocycles. The standard InChI is InChI=1S/C26H25N3O7/c1-33-20-14-24(35-3)21(25(15-20)36-4)10-12-26(30)28-18-7-11-23(34-2)22(13-18)27-16-17-5-8-19(9-6-17)29(31)32/h5-16H,1-4H3,(H,28,30)/b12-10+,27-16-. The Balaban J connectivity index is 1.79. The van der Waals surface area contributed by atoms with Gasteiger partial charge < -0.3 is 24.3 Å². The van der Waals surface area contributed by atoms with Crippen LogP contribution in [0.15, 0.2) is 65.7 Å². The van der Waals surface area contributed by atoms with Crippen LogP contribution in [-0.4, -0.2) is 45.5 Å². The molecular weight excluding hydrogens is 466 g/mol. The highest BCUT2D eigenvalue weighted by molar-refractivity contribution is 6.02. The van der Waals surface area contributed by atoms with Crippen LogP contribution < -0.4 is 24.3 Å². The predicted molar refractivity (Wildman–Crippen MR) is 137 cm³/mol. The van der Waals surface area contributed by atoms with Crippen molar-refractivity contribution in [2.24, 2.45) is 4.99 Å².